The van der Waals surface area contributed by atoms with Crippen molar-refractivity contribution in [1.82, 2.24) is 10.2 Å². The smallest absolute Gasteiger partial charge is 0.316 e. The second kappa shape index (κ2) is 7.04. The number of nitrogens with zero attached hydrogens (tertiary/aromatic N) is 2. The molecular weight excluding hydrogens is 282 g/mol. The fraction of sp³-hybridized carbons (Fsp3) is 0.400. The van der Waals surface area contributed by atoms with Crippen LogP contribution in [0.2, 0.25) is 0 Å². The summed E-state index contributed by atoms with van der Waals surface area (Å²) in [5.41, 5.74) is 12.3. The van der Waals surface area contributed by atoms with Crippen LogP contribution in [-0.2, 0) is 4.79 Å². The van der Waals surface area contributed by atoms with Crippen molar-refractivity contribution in [3.05, 3.63) is 41.8 Å². The van der Waals surface area contributed by atoms with E-state index >= 15 is 0 Å². The van der Waals surface area contributed by atoms with Gasteiger partial charge in [-0.05, 0) is 17.9 Å². The monoisotopic (exact) mass is 303 g/mol. The van der Waals surface area contributed by atoms with Crippen molar-refractivity contribution in [2.75, 3.05) is 5.32 Å². The van der Waals surface area contributed by atoms with E-state index in [2.05, 4.69) is 15.5 Å². The van der Waals surface area contributed by atoms with Crippen molar-refractivity contribution in [3.63, 3.8) is 0 Å². The Labute approximate surface area is 129 Å². The molecule has 2 aromatic rings. The van der Waals surface area contributed by atoms with Gasteiger partial charge in [0.05, 0.1) is 0 Å². The van der Waals surface area contributed by atoms with Crippen molar-refractivity contribution in [2.45, 2.75) is 32.4 Å². The second-order valence-corrected chi connectivity index (χ2v) is 5.56. The molecule has 0 saturated carbocycles. The maximum atomic E-state index is 11.4. The summed E-state index contributed by atoms with van der Waals surface area (Å²) in [5, 5.41) is 10.7. The summed E-state index contributed by atoms with van der Waals surface area (Å²) in [6.45, 7) is 4.00. The highest BCUT2D eigenvalue weighted by Gasteiger charge is 2.21. The zero-order valence-corrected chi connectivity index (χ0v) is 12.7. The number of hydrogen-bond acceptors (Lipinski definition) is 6. The van der Waals surface area contributed by atoms with E-state index in [4.69, 9.17) is 15.9 Å². The molecule has 0 bridgehead atoms. The average molecular weight is 303 g/mol. The summed E-state index contributed by atoms with van der Waals surface area (Å²) >= 11 is 0. The molecule has 2 rings (SSSR count). The van der Waals surface area contributed by atoms with Crippen molar-refractivity contribution < 1.29 is 9.21 Å². The van der Waals surface area contributed by atoms with Gasteiger partial charge in [-0.3, -0.25) is 4.79 Å². The number of primary amides is 1. The van der Waals surface area contributed by atoms with Crippen LogP contribution in [0.5, 0.6) is 0 Å². The van der Waals surface area contributed by atoms with Gasteiger partial charge in [0.1, 0.15) is 12.1 Å². The predicted molar refractivity (Wildman–Crippen MR) is 82.8 cm³/mol. The highest BCUT2D eigenvalue weighted by molar-refractivity contribution is 5.82. The Balaban J connectivity index is 2.09. The van der Waals surface area contributed by atoms with E-state index in [1.54, 1.807) is 0 Å². The van der Waals surface area contributed by atoms with Crippen LogP contribution in [0.4, 0.5) is 6.01 Å². The first-order chi connectivity index (χ1) is 10.5. The van der Waals surface area contributed by atoms with E-state index in [1.807, 2.05) is 44.2 Å². The zero-order valence-electron chi connectivity index (χ0n) is 12.7. The topological polar surface area (TPSA) is 120 Å². The molecule has 1 aromatic carbocycles. The summed E-state index contributed by atoms with van der Waals surface area (Å²) in [7, 11) is 0. The average Bonchev–Trinajstić information content (AvgIpc) is 2.94. The zero-order chi connectivity index (χ0) is 16.1. The number of nitrogens with two attached hydrogens (primary N) is 2. The summed E-state index contributed by atoms with van der Waals surface area (Å²) in [6, 6.07) is 8.52. The van der Waals surface area contributed by atoms with Crippen molar-refractivity contribution in [1.29, 1.82) is 0 Å². The number of benzene rings is 1. The minimum absolute atomic E-state index is 0.144. The summed E-state index contributed by atoms with van der Waals surface area (Å²) in [4.78, 5) is 11.4. The summed E-state index contributed by atoms with van der Waals surface area (Å²) in [6.07, 6.45) is 0.581. The van der Waals surface area contributed by atoms with Gasteiger partial charge in [0, 0.05) is 0 Å². The van der Waals surface area contributed by atoms with Crippen LogP contribution in [0.25, 0.3) is 0 Å². The molecule has 0 unspecified atom stereocenters. The molecule has 0 aliphatic rings. The SMILES string of the molecule is CC(C)C[C@H](Nc1nnc([C@H](N)c2ccccc2)o1)C(N)=O. The molecule has 1 aromatic heterocycles. The van der Waals surface area contributed by atoms with Gasteiger partial charge in [0.2, 0.25) is 11.8 Å². The highest BCUT2D eigenvalue weighted by atomic mass is 16.4. The van der Waals surface area contributed by atoms with Crippen LogP contribution in [0.3, 0.4) is 0 Å². The fourth-order valence-corrected chi connectivity index (χ4v) is 2.09. The molecule has 118 valence electrons. The summed E-state index contributed by atoms with van der Waals surface area (Å²) in [5.74, 6) is 0.126. The van der Waals surface area contributed by atoms with E-state index in [0.717, 1.165) is 5.56 Å². The standard InChI is InChI=1S/C15H21N5O2/c1-9(2)8-11(13(17)21)18-15-20-19-14(22-15)12(16)10-6-4-3-5-7-10/h3-7,9,11-12H,8,16H2,1-2H3,(H2,17,21)(H,18,20)/t11-,12+/m0/s1. The molecule has 0 aliphatic carbocycles. The molecule has 7 heteroatoms. The largest absolute Gasteiger partial charge is 0.406 e. The lowest BCUT2D eigenvalue weighted by atomic mass is 10.0. The number of aromatic nitrogens is 2. The van der Waals surface area contributed by atoms with E-state index < -0.39 is 18.0 Å². The minimum atomic E-state index is -0.554. The number of hydrogen-bond donors (Lipinski definition) is 3. The van der Waals surface area contributed by atoms with Crippen LogP contribution in [0.1, 0.15) is 37.8 Å². The molecule has 7 nitrogen and oxygen atoms in total. The third-order valence-corrected chi connectivity index (χ3v) is 3.21. The molecule has 0 spiro atoms. The van der Waals surface area contributed by atoms with Crippen LogP contribution >= 0.6 is 0 Å². The molecule has 1 amide bonds. The van der Waals surface area contributed by atoms with Crippen LogP contribution < -0.4 is 16.8 Å². The van der Waals surface area contributed by atoms with Crippen LogP contribution in [0.15, 0.2) is 34.7 Å². The van der Waals surface area contributed by atoms with Gasteiger partial charge in [-0.25, -0.2) is 0 Å². The third kappa shape index (κ3) is 4.05. The molecule has 1 heterocycles. The van der Waals surface area contributed by atoms with E-state index in [-0.39, 0.29) is 11.9 Å². The number of nitrogens with one attached hydrogen (secondary N) is 1. The molecule has 0 radical (unpaired) electrons. The van der Waals surface area contributed by atoms with E-state index in [9.17, 15) is 4.79 Å². The Morgan fingerprint density at radius 2 is 1.95 bits per heavy atom. The minimum Gasteiger partial charge on any atom is -0.406 e. The maximum Gasteiger partial charge on any atom is 0.316 e. The normalized spacial score (nSPS) is 13.8. The molecule has 22 heavy (non-hydrogen) atoms. The fourth-order valence-electron chi connectivity index (χ4n) is 2.09. The van der Waals surface area contributed by atoms with Gasteiger partial charge in [-0.1, -0.05) is 49.3 Å². The first kappa shape index (κ1) is 16.0. The lowest BCUT2D eigenvalue weighted by molar-refractivity contribution is -0.119. The number of anilines is 1. The molecule has 5 N–H and O–H groups in total. The van der Waals surface area contributed by atoms with Gasteiger partial charge >= 0.3 is 6.01 Å². The van der Waals surface area contributed by atoms with Gasteiger partial charge in [0.15, 0.2) is 0 Å². The Hall–Kier alpha value is -2.41. The van der Waals surface area contributed by atoms with E-state index in [0.29, 0.717) is 12.3 Å². The number of rotatable bonds is 7. The molecule has 0 saturated heterocycles. The van der Waals surface area contributed by atoms with E-state index in [1.165, 1.54) is 0 Å². The molecule has 2 atom stereocenters. The van der Waals surface area contributed by atoms with Gasteiger partial charge in [0.25, 0.3) is 0 Å². The van der Waals surface area contributed by atoms with Gasteiger partial charge in [-0.15, -0.1) is 5.10 Å². The van der Waals surface area contributed by atoms with Crippen molar-refractivity contribution in [3.8, 4) is 0 Å². The number of amides is 1. The predicted octanol–water partition coefficient (Wildman–Crippen LogP) is 1.43. The first-order valence-electron chi connectivity index (χ1n) is 7.17. The van der Waals surface area contributed by atoms with Crippen LogP contribution in [0, 0.1) is 5.92 Å². The second-order valence-electron chi connectivity index (χ2n) is 5.56. The molecule has 0 fully saturated rings. The van der Waals surface area contributed by atoms with Gasteiger partial charge in [-0.2, -0.15) is 0 Å². The number of carbonyl (C=O) groups is 1. The quantitative estimate of drug-likeness (QED) is 0.711. The first-order valence-corrected chi connectivity index (χ1v) is 7.17. The molecule has 0 aliphatic heterocycles. The Morgan fingerprint density at radius 3 is 2.55 bits per heavy atom. The Bertz CT molecular complexity index is 611. The lowest BCUT2D eigenvalue weighted by Gasteiger charge is -2.15. The van der Waals surface area contributed by atoms with Crippen LogP contribution in [-0.4, -0.2) is 22.1 Å². The van der Waals surface area contributed by atoms with Gasteiger partial charge < -0.3 is 21.2 Å². The lowest BCUT2D eigenvalue weighted by Crippen LogP contribution is -2.36. The Morgan fingerprint density at radius 1 is 1.27 bits per heavy atom. The summed E-state index contributed by atoms with van der Waals surface area (Å²) < 4.78 is 5.50. The third-order valence-electron chi connectivity index (χ3n) is 3.21. The maximum absolute atomic E-state index is 11.4. The molecular formula is C15H21N5O2. The number of carbonyl (C=O) groups excluding carboxylic acids is 1. The van der Waals surface area contributed by atoms with Crippen molar-refractivity contribution in [2.24, 2.45) is 17.4 Å². The highest BCUT2D eigenvalue weighted by Crippen LogP contribution is 2.20. The van der Waals surface area contributed by atoms with Crippen molar-refractivity contribution >= 4 is 11.9 Å². The Kier molecular flexibility index (Phi) is 5.11.